The van der Waals surface area contributed by atoms with Crippen molar-refractivity contribution in [2.45, 2.75) is 63.2 Å². The molecule has 0 aromatic carbocycles. The molecule has 0 aliphatic heterocycles. The summed E-state index contributed by atoms with van der Waals surface area (Å²) in [7, 11) is 0. The Morgan fingerprint density at radius 2 is 2.29 bits per heavy atom. The Hall–Kier alpha value is -1.14. The third kappa shape index (κ3) is 3.59. The van der Waals surface area contributed by atoms with Crippen molar-refractivity contribution in [3.8, 4) is 0 Å². The van der Waals surface area contributed by atoms with Crippen LogP contribution in [-0.2, 0) is 22.4 Å². The van der Waals surface area contributed by atoms with Crippen LogP contribution in [0.15, 0.2) is 11.4 Å². The molecule has 24 heavy (non-hydrogen) atoms. The average molecular weight is 365 g/mol. The van der Waals surface area contributed by atoms with Crippen molar-refractivity contribution in [3.63, 3.8) is 0 Å². The van der Waals surface area contributed by atoms with Gasteiger partial charge in [0.05, 0.1) is 6.61 Å². The molecule has 2 aromatic rings. The molecule has 130 valence electrons. The summed E-state index contributed by atoms with van der Waals surface area (Å²) in [4.78, 5) is 23.8. The summed E-state index contributed by atoms with van der Waals surface area (Å²) >= 11 is 3.33. The van der Waals surface area contributed by atoms with Crippen molar-refractivity contribution in [3.05, 3.63) is 16.8 Å². The monoisotopic (exact) mass is 364 g/mol. The molecule has 2 atom stereocenters. The second-order valence-electron chi connectivity index (χ2n) is 6.39. The molecule has 1 aliphatic carbocycles. The Labute approximate surface area is 151 Å². The van der Waals surface area contributed by atoms with Crippen LogP contribution in [0.3, 0.4) is 0 Å². The first-order valence-corrected chi connectivity index (χ1v) is 10.4. The van der Waals surface area contributed by atoms with E-state index in [0.717, 1.165) is 41.5 Å². The minimum absolute atomic E-state index is 0.131. The maximum atomic E-state index is 12.3. The fraction of sp³-hybridized carbons (Fsp3) is 0.611. The standard InChI is InChI=1S/C18H24N2O2S2/c1-4-8-22-18(21)13(5-2)23-16-15-12-7-6-11(3)9-14(12)24-17(15)20-10-19-16/h10-11,13H,4-9H2,1-3H3/t11-,13-/m0/s1. The summed E-state index contributed by atoms with van der Waals surface area (Å²) in [5, 5.41) is 1.91. The van der Waals surface area contributed by atoms with Gasteiger partial charge < -0.3 is 4.74 Å². The fourth-order valence-corrected chi connectivity index (χ4v) is 5.53. The largest absolute Gasteiger partial charge is 0.465 e. The first-order chi connectivity index (χ1) is 11.6. The van der Waals surface area contributed by atoms with Crippen LogP contribution in [0.1, 0.15) is 50.5 Å². The molecule has 3 rings (SSSR count). The van der Waals surface area contributed by atoms with Gasteiger partial charge in [-0.25, -0.2) is 9.97 Å². The number of esters is 1. The van der Waals surface area contributed by atoms with Crippen LogP contribution >= 0.6 is 23.1 Å². The highest BCUT2D eigenvalue weighted by Gasteiger charge is 2.26. The summed E-state index contributed by atoms with van der Waals surface area (Å²) in [6, 6.07) is 0. The van der Waals surface area contributed by atoms with E-state index in [2.05, 4.69) is 16.9 Å². The lowest BCUT2D eigenvalue weighted by Crippen LogP contribution is -2.20. The van der Waals surface area contributed by atoms with Gasteiger partial charge in [-0.05, 0) is 43.6 Å². The zero-order chi connectivity index (χ0) is 17.1. The molecule has 0 saturated heterocycles. The zero-order valence-electron chi connectivity index (χ0n) is 14.5. The summed E-state index contributed by atoms with van der Waals surface area (Å²) < 4.78 is 5.34. The van der Waals surface area contributed by atoms with Crippen LogP contribution in [-0.4, -0.2) is 27.8 Å². The van der Waals surface area contributed by atoms with E-state index in [1.54, 1.807) is 17.7 Å². The van der Waals surface area contributed by atoms with Gasteiger partial charge in [0.15, 0.2) is 0 Å². The first kappa shape index (κ1) is 17.7. The normalized spacial score (nSPS) is 18.4. The minimum Gasteiger partial charge on any atom is -0.465 e. The van der Waals surface area contributed by atoms with Crippen LogP contribution in [0.2, 0.25) is 0 Å². The molecular weight excluding hydrogens is 340 g/mol. The van der Waals surface area contributed by atoms with Crippen molar-refractivity contribution in [2.24, 2.45) is 5.92 Å². The summed E-state index contributed by atoms with van der Waals surface area (Å²) in [5.74, 6) is 0.607. The van der Waals surface area contributed by atoms with E-state index in [1.807, 2.05) is 13.8 Å². The van der Waals surface area contributed by atoms with Gasteiger partial charge in [-0.1, -0.05) is 32.5 Å². The number of ether oxygens (including phenoxy) is 1. The molecule has 0 radical (unpaired) electrons. The smallest absolute Gasteiger partial charge is 0.319 e. The van der Waals surface area contributed by atoms with Gasteiger partial charge in [0, 0.05) is 10.3 Å². The summed E-state index contributed by atoms with van der Waals surface area (Å²) in [5.41, 5.74) is 1.41. The number of thioether (sulfide) groups is 1. The van der Waals surface area contributed by atoms with E-state index in [-0.39, 0.29) is 11.2 Å². The number of hydrogen-bond donors (Lipinski definition) is 0. The van der Waals surface area contributed by atoms with E-state index in [1.165, 1.54) is 34.0 Å². The average Bonchev–Trinajstić information content (AvgIpc) is 2.95. The zero-order valence-corrected chi connectivity index (χ0v) is 16.1. The summed E-state index contributed by atoms with van der Waals surface area (Å²) in [6.45, 7) is 6.83. The number of thiophene rings is 1. The molecule has 1 aliphatic rings. The van der Waals surface area contributed by atoms with Crippen molar-refractivity contribution in [1.82, 2.24) is 9.97 Å². The Kier molecular flexibility index (Phi) is 5.76. The van der Waals surface area contributed by atoms with Crippen molar-refractivity contribution in [1.29, 1.82) is 0 Å². The van der Waals surface area contributed by atoms with Gasteiger partial charge in [0.2, 0.25) is 0 Å². The number of aromatic nitrogens is 2. The molecule has 0 bridgehead atoms. The molecule has 4 nitrogen and oxygen atoms in total. The van der Waals surface area contributed by atoms with Crippen molar-refractivity contribution < 1.29 is 9.53 Å². The van der Waals surface area contributed by atoms with Crippen LogP contribution < -0.4 is 0 Å². The highest BCUT2D eigenvalue weighted by atomic mass is 32.2. The number of fused-ring (bicyclic) bond motifs is 3. The quantitative estimate of drug-likeness (QED) is 0.424. The third-order valence-corrected chi connectivity index (χ3v) is 6.90. The lowest BCUT2D eigenvalue weighted by atomic mass is 9.89. The molecule has 0 fully saturated rings. The van der Waals surface area contributed by atoms with Gasteiger partial charge in [-0.3, -0.25) is 4.79 Å². The Morgan fingerprint density at radius 1 is 1.46 bits per heavy atom. The van der Waals surface area contributed by atoms with E-state index >= 15 is 0 Å². The van der Waals surface area contributed by atoms with E-state index in [4.69, 9.17) is 4.74 Å². The molecule has 0 N–H and O–H groups in total. The lowest BCUT2D eigenvalue weighted by molar-refractivity contribution is -0.143. The molecule has 6 heteroatoms. The highest BCUT2D eigenvalue weighted by molar-refractivity contribution is 8.00. The SMILES string of the molecule is CCCOC(=O)[C@H](CC)Sc1ncnc2sc3c(c12)CC[C@H](C)C3. The number of carbonyl (C=O) groups excluding carboxylic acids is 1. The second kappa shape index (κ2) is 7.83. The van der Waals surface area contributed by atoms with Gasteiger partial charge >= 0.3 is 5.97 Å². The maximum Gasteiger partial charge on any atom is 0.319 e. The Bertz CT molecular complexity index is 729. The molecule has 0 saturated carbocycles. The maximum absolute atomic E-state index is 12.3. The molecule has 0 unspecified atom stereocenters. The van der Waals surface area contributed by atoms with E-state index in [9.17, 15) is 4.79 Å². The van der Waals surface area contributed by atoms with Crippen LogP contribution in [0.4, 0.5) is 0 Å². The van der Waals surface area contributed by atoms with Gasteiger partial charge in [0.25, 0.3) is 0 Å². The van der Waals surface area contributed by atoms with Gasteiger partial charge in [-0.2, -0.15) is 0 Å². The highest BCUT2D eigenvalue weighted by Crippen LogP contribution is 2.41. The first-order valence-electron chi connectivity index (χ1n) is 8.72. The fourth-order valence-electron chi connectivity index (χ4n) is 3.06. The van der Waals surface area contributed by atoms with Crippen molar-refractivity contribution in [2.75, 3.05) is 6.61 Å². The van der Waals surface area contributed by atoms with Gasteiger partial charge in [0.1, 0.15) is 21.4 Å². The van der Waals surface area contributed by atoms with E-state index in [0.29, 0.717) is 6.61 Å². The van der Waals surface area contributed by atoms with E-state index < -0.39 is 0 Å². The predicted octanol–water partition coefficient (Wildman–Crippen LogP) is 4.64. The predicted molar refractivity (Wildman–Crippen MR) is 99.8 cm³/mol. The molecule has 2 heterocycles. The van der Waals surface area contributed by atoms with Crippen molar-refractivity contribution >= 4 is 39.3 Å². The number of nitrogens with zero attached hydrogens (tertiary/aromatic N) is 2. The number of carbonyl (C=O) groups is 1. The molecule has 0 spiro atoms. The molecular formula is C18H24N2O2S2. The minimum atomic E-state index is -0.201. The van der Waals surface area contributed by atoms with Crippen LogP contribution in [0.25, 0.3) is 10.2 Å². The van der Waals surface area contributed by atoms with Crippen LogP contribution in [0, 0.1) is 5.92 Å². The third-order valence-electron chi connectivity index (χ3n) is 4.39. The van der Waals surface area contributed by atoms with Crippen LogP contribution in [0.5, 0.6) is 0 Å². The number of aryl methyl sites for hydroxylation is 1. The topological polar surface area (TPSA) is 52.1 Å². The number of hydrogen-bond acceptors (Lipinski definition) is 6. The lowest BCUT2D eigenvalue weighted by Gasteiger charge is -2.18. The second-order valence-corrected chi connectivity index (χ2v) is 8.67. The Balaban J connectivity index is 1.90. The van der Waals surface area contributed by atoms with Gasteiger partial charge in [-0.15, -0.1) is 11.3 Å². The summed E-state index contributed by atoms with van der Waals surface area (Å²) in [6.07, 6.45) is 6.65. The Morgan fingerprint density at radius 3 is 3.04 bits per heavy atom. The molecule has 0 amide bonds. The number of rotatable bonds is 6. The molecule has 2 aromatic heterocycles.